The lowest BCUT2D eigenvalue weighted by molar-refractivity contribution is 0.196. The molecule has 1 atom stereocenters. The van der Waals surface area contributed by atoms with E-state index < -0.39 is 0 Å². The minimum Gasteiger partial charge on any atom is -0.490 e. The van der Waals surface area contributed by atoms with Crippen molar-refractivity contribution in [2.75, 3.05) is 33.5 Å². The molecule has 1 aromatic carbocycles. The maximum atomic E-state index is 5.64. The number of rotatable bonds is 10. The van der Waals surface area contributed by atoms with Crippen molar-refractivity contribution in [3.8, 4) is 11.5 Å². The summed E-state index contributed by atoms with van der Waals surface area (Å²) in [5.74, 6) is 1.65. The van der Waals surface area contributed by atoms with Crippen molar-refractivity contribution in [1.29, 1.82) is 0 Å². The molecule has 1 rings (SSSR count). The first-order chi connectivity index (χ1) is 9.71. The smallest absolute Gasteiger partial charge is 0.161 e. The Hall–Kier alpha value is -1.26. The summed E-state index contributed by atoms with van der Waals surface area (Å²) in [5.41, 5.74) is 1.24. The number of ether oxygens (including phenoxy) is 3. The van der Waals surface area contributed by atoms with Crippen LogP contribution >= 0.6 is 0 Å². The van der Waals surface area contributed by atoms with Crippen molar-refractivity contribution < 1.29 is 14.2 Å². The number of benzene rings is 1. The molecule has 0 amide bonds. The van der Waals surface area contributed by atoms with Crippen molar-refractivity contribution in [2.24, 2.45) is 0 Å². The Morgan fingerprint density at radius 3 is 2.45 bits per heavy atom. The zero-order chi connectivity index (χ0) is 14.8. The lowest BCUT2D eigenvalue weighted by Gasteiger charge is -2.16. The highest BCUT2D eigenvalue weighted by molar-refractivity contribution is 5.43. The Labute approximate surface area is 122 Å². The van der Waals surface area contributed by atoms with E-state index in [4.69, 9.17) is 14.2 Å². The van der Waals surface area contributed by atoms with Crippen LogP contribution in [0, 0.1) is 0 Å². The fourth-order valence-electron chi connectivity index (χ4n) is 2.06. The zero-order valence-corrected chi connectivity index (χ0v) is 13.1. The first-order valence-electron chi connectivity index (χ1n) is 7.32. The summed E-state index contributed by atoms with van der Waals surface area (Å²) in [6.07, 6.45) is 0.955. The van der Waals surface area contributed by atoms with Gasteiger partial charge in [0.2, 0.25) is 0 Å². The second kappa shape index (κ2) is 9.61. The standard InChI is InChI=1S/C16H27NO3/c1-5-19-15-8-7-14(12-16(15)20-6-2)11-13(3)17-9-10-18-4/h7-8,12-13,17H,5-6,9-11H2,1-4H3. The van der Waals surface area contributed by atoms with Crippen LogP contribution in [0.15, 0.2) is 18.2 Å². The third-order valence-corrected chi connectivity index (χ3v) is 2.95. The third-order valence-electron chi connectivity index (χ3n) is 2.95. The molecule has 114 valence electrons. The van der Waals surface area contributed by atoms with Crippen molar-refractivity contribution in [1.82, 2.24) is 5.32 Å². The molecule has 0 aliphatic rings. The molecule has 0 spiro atoms. The van der Waals surface area contributed by atoms with Crippen LogP contribution in [0.25, 0.3) is 0 Å². The van der Waals surface area contributed by atoms with Crippen LogP contribution in [0.4, 0.5) is 0 Å². The van der Waals surface area contributed by atoms with E-state index in [1.165, 1.54) is 5.56 Å². The average molecular weight is 281 g/mol. The summed E-state index contributed by atoms with van der Waals surface area (Å²) in [6.45, 7) is 9.03. The number of hydrogen-bond donors (Lipinski definition) is 1. The molecule has 1 aromatic rings. The predicted molar refractivity (Wildman–Crippen MR) is 81.8 cm³/mol. The van der Waals surface area contributed by atoms with Gasteiger partial charge in [0, 0.05) is 19.7 Å². The van der Waals surface area contributed by atoms with E-state index in [1.54, 1.807) is 7.11 Å². The van der Waals surface area contributed by atoms with Gasteiger partial charge in [-0.2, -0.15) is 0 Å². The largest absolute Gasteiger partial charge is 0.490 e. The average Bonchev–Trinajstić information content (AvgIpc) is 2.42. The molecule has 20 heavy (non-hydrogen) atoms. The summed E-state index contributed by atoms with van der Waals surface area (Å²) in [4.78, 5) is 0. The molecule has 0 fully saturated rings. The molecular formula is C16H27NO3. The molecule has 0 radical (unpaired) electrons. The second-order valence-electron chi connectivity index (χ2n) is 4.70. The van der Waals surface area contributed by atoms with E-state index >= 15 is 0 Å². The van der Waals surface area contributed by atoms with Gasteiger partial charge in [-0.05, 0) is 44.9 Å². The molecular weight excluding hydrogens is 254 g/mol. The molecule has 0 aliphatic carbocycles. The van der Waals surface area contributed by atoms with Crippen molar-refractivity contribution in [3.63, 3.8) is 0 Å². The summed E-state index contributed by atoms with van der Waals surface area (Å²) < 4.78 is 16.3. The molecule has 0 aliphatic heterocycles. The molecule has 0 heterocycles. The highest BCUT2D eigenvalue weighted by Crippen LogP contribution is 2.28. The lowest BCUT2D eigenvalue weighted by atomic mass is 10.1. The van der Waals surface area contributed by atoms with E-state index in [0.29, 0.717) is 19.3 Å². The summed E-state index contributed by atoms with van der Waals surface area (Å²) in [7, 11) is 1.72. The molecule has 4 heteroatoms. The van der Waals surface area contributed by atoms with Crippen molar-refractivity contribution in [3.05, 3.63) is 23.8 Å². The predicted octanol–water partition coefficient (Wildman–Crippen LogP) is 2.65. The Balaban J connectivity index is 2.63. The van der Waals surface area contributed by atoms with Crippen LogP contribution in [0.5, 0.6) is 11.5 Å². The zero-order valence-electron chi connectivity index (χ0n) is 13.1. The van der Waals surface area contributed by atoms with Gasteiger partial charge in [-0.1, -0.05) is 6.07 Å². The summed E-state index contributed by atoms with van der Waals surface area (Å²) >= 11 is 0. The minimum atomic E-state index is 0.401. The maximum Gasteiger partial charge on any atom is 0.161 e. The highest BCUT2D eigenvalue weighted by atomic mass is 16.5. The van der Waals surface area contributed by atoms with Gasteiger partial charge >= 0.3 is 0 Å². The molecule has 4 nitrogen and oxygen atoms in total. The van der Waals surface area contributed by atoms with Crippen LogP contribution in [0.3, 0.4) is 0 Å². The Bertz CT molecular complexity index is 382. The van der Waals surface area contributed by atoms with E-state index in [2.05, 4.69) is 24.4 Å². The number of hydrogen-bond acceptors (Lipinski definition) is 4. The first-order valence-corrected chi connectivity index (χ1v) is 7.32. The van der Waals surface area contributed by atoms with Gasteiger partial charge < -0.3 is 19.5 Å². The van der Waals surface area contributed by atoms with Crippen LogP contribution in [-0.4, -0.2) is 39.5 Å². The Morgan fingerprint density at radius 1 is 1.10 bits per heavy atom. The van der Waals surface area contributed by atoms with Gasteiger partial charge in [0.15, 0.2) is 11.5 Å². The minimum absolute atomic E-state index is 0.401. The number of nitrogens with one attached hydrogen (secondary N) is 1. The first kappa shape index (κ1) is 16.8. The maximum absolute atomic E-state index is 5.64. The normalized spacial score (nSPS) is 12.2. The fourth-order valence-corrected chi connectivity index (χ4v) is 2.06. The molecule has 0 bridgehead atoms. The van der Waals surface area contributed by atoms with E-state index in [9.17, 15) is 0 Å². The quantitative estimate of drug-likeness (QED) is 0.669. The van der Waals surface area contributed by atoms with Gasteiger partial charge in [-0.25, -0.2) is 0 Å². The van der Waals surface area contributed by atoms with Gasteiger partial charge in [0.1, 0.15) is 0 Å². The monoisotopic (exact) mass is 281 g/mol. The number of methoxy groups -OCH3 is 1. The summed E-state index contributed by atoms with van der Waals surface area (Å²) in [5, 5.41) is 3.43. The topological polar surface area (TPSA) is 39.7 Å². The van der Waals surface area contributed by atoms with E-state index in [-0.39, 0.29) is 0 Å². The molecule has 1 unspecified atom stereocenters. The molecule has 0 saturated carbocycles. The fraction of sp³-hybridized carbons (Fsp3) is 0.625. The van der Waals surface area contributed by atoms with Crippen molar-refractivity contribution in [2.45, 2.75) is 33.2 Å². The van der Waals surface area contributed by atoms with Crippen molar-refractivity contribution >= 4 is 0 Å². The third kappa shape index (κ3) is 5.80. The van der Waals surface area contributed by atoms with Crippen LogP contribution in [0.2, 0.25) is 0 Å². The van der Waals surface area contributed by atoms with Crippen LogP contribution < -0.4 is 14.8 Å². The van der Waals surface area contributed by atoms with E-state index in [0.717, 1.165) is 31.1 Å². The SMILES string of the molecule is CCOc1ccc(CC(C)NCCOC)cc1OCC. The molecule has 1 N–H and O–H groups in total. The van der Waals surface area contributed by atoms with Gasteiger partial charge in [-0.3, -0.25) is 0 Å². The van der Waals surface area contributed by atoms with Crippen LogP contribution in [0.1, 0.15) is 26.3 Å². The van der Waals surface area contributed by atoms with Crippen LogP contribution in [-0.2, 0) is 11.2 Å². The Morgan fingerprint density at radius 2 is 1.80 bits per heavy atom. The molecule has 0 aromatic heterocycles. The van der Waals surface area contributed by atoms with Gasteiger partial charge in [0.25, 0.3) is 0 Å². The molecule has 0 saturated heterocycles. The van der Waals surface area contributed by atoms with E-state index in [1.807, 2.05) is 19.9 Å². The summed E-state index contributed by atoms with van der Waals surface area (Å²) in [6, 6.07) is 6.56. The van der Waals surface area contributed by atoms with Gasteiger partial charge in [-0.15, -0.1) is 0 Å². The lowest BCUT2D eigenvalue weighted by Crippen LogP contribution is -2.30. The second-order valence-corrected chi connectivity index (χ2v) is 4.70. The Kier molecular flexibility index (Phi) is 8.07. The van der Waals surface area contributed by atoms with Gasteiger partial charge in [0.05, 0.1) is 19.8 Å². The highest BCUT2D eigenvalue weighted by Gasteiger charge is 2.08.